The van der Waals surface area contributed by atoms with E-state index in [4.69, 9.17) is 15.1 Å². The molecule has 1 fully saturated rings. The summed E-state index contributed by atoms with van der Waals surface area (Å²) in [5.74, 6) is 1.29. The van der Waals surface area contributed by atoms with E-state index in [1.807, 2.05) is 33.9 Å². The largest absolute Gasteiger partial charge is 0.456 e. The van der Waals surface area contributed by atoms with Crippen LogP contribution in [-0.2, 0) is 16.1 Å². The van der Waals surface area contributed by atoms with E-state index in [1.165, 1.54) is 0 Å². The molecule has 0 aromatic carbocycles. The molecule has 0 saturated carbocycles. The highest BCUT2D eigenvalue weighted by atomic mass is 16.5. The first kappa shape index (κ1) is 21.6. The Bertz CT molecular complexity index is 639. The van der Waals surface area contributed by atoms with Crippen molar-refractivity contribution in [3.63, 3.8) is 0 Å². The van der Waals surface area contributed by atoms with E-state index >= 15 is 0 Å². The molecule has 0 spiro atoms. The van der Waals surface area contributed by atoms with E-state index in [-0.39, 0.29) is 12.1 Å². The molecular formula is C21H36N4O2. The van der Waals surface area contributed by atoms with Crippen molar-refractivity contribution < 1.29 is 9.53 Å². The Labute approximate surface area is 163 Å². The van der Waals surface area contributed by atoms with Crippen LogP contribution in [0.1, 0.15) is 90.3 Å². The lowest BCUT2D eigenvalue weighted by atomic mass is 9.97. The number of aromatic nitrogens is 2. The number of nitrogens with one attached hydrogen (secondary N) is 2. The molecule has 1 aromatic rings. The van der Waals surface area contributed by atoms with Gasteiger partial charge >= 0.3 is 5.97 Å². The summed E-state index contributed by atoms with van der Waals surface area (Å²) in [7, 11) is 0. The molecule has 0 bridgehead atoms. The number of carbonyl (C=O) groups excluding carboxylic acids is 1. The third-order valence-corrected chi connectivity index (χ3v) is 5.05. The molecule has 2 rings (SSSR count). The van der Waals surface area contributed by atoms with E-state index in [0.29, 0.717) is 5.92 Å². The van der Waals surface area contributed by atoms with Crippen LogP contribution in [0.25, 0.3) is 0 Å². The van der Waals surface area contributed by atoms with E-state index in [0.717, 1.165) is 69.0 Å². The predicted molar refractivity (Wildman–Crippen MR) is 108 cm³/mol. The van der Waals surface area contributed by atoms with Gasteiger partial charge in [0.1, 0.15) is 11.9 Å². The first-order chi connectivity index (χ1) is 12.7. The van der Waals surface area contributed by atoms with E-state index in [2.05, 4.69) is 16.8 Å². The highest BCUT2D eigenvalue weighted by molar-refractivity contribution is 5.81. The van der Waals surface area contributed by atoms with E-state index in [1.54, 1.807) is 0 Å². The fourth-order valence-corrected chi connectivity index (χ4v) is 3.31. The molecule has 0 radical (unpaired) electrons. The Morgan fingerprint density at radius 2 is 2.04 bits per heavy atom. The van der Waals surface area contributed by atoms with Crippen LogP contribution in [0.3, 0.4) is 0 Å². The number of piperidine rings is 1. The number of nitrogens with zero attached hydrogens (tertiary/aromatic N) is 2. The van der Waals surface area contributed by atoms with Crippen molar-refractivity contribution in [3.05, 3.63) is 17.7 Å². The fraction of sp³-hybridized carbons (Fsp3) is 0.762. The third-order valence-electron chi connectivity index (χ3n) is 5.05. The molecule has 1 aliphatic heterocycles. The zero-order valence-corrected chi connectivity index (χ0v) is 17.6. The van der Waals surface area contributed by atoms with Crippen LogP contribution >= 0.6 is 0 Å². The minimum absolute atomic E-state index is 0.210. The SMILES string of the molecule is CCCC(=N)CCn1cc(C(C)OC(=O)C(C)(C)C)nc1C1CCNCC1. The molecule has 0 aliphatic carbocycles. The van der Waals surface area contributed by atoms with E-state index < -0.39 is 5.41 Å². The molecular weight excluding hydrogens is 340 g/mol. The molecule has 152 valence electrons. The van der Waals surface area contributed by atoms with Crippen molar-refractivity contribution in [3.8, 4) is 0 Å². The van der Waals surface area contributed by atoms with Crippen LogP contribution < -0.4 is 5.32 Å². The maximum atomic E-state index is 12.2. The number of hydrogen-bond donors (Lipinski definition) is 2. The van der Waals surface area contributed by atoms with Crippen molar-refractivity contribution in [1.29, 1.82) is 5.41 Å². The van der Waals surface area contributed by atoms with Gasteiger partial charge in [0.15, 0.2) is 0 Å². The molecule has 1 unspecified atom stereocenters. The molecule has 1 aromatic heterocycles. The standard InChI is InChI=1S/C21H36N4O2/c1-6-7-17(22)10-13-25-14-18(15(2)27-20(26)21(3,4)5)24-19(25)16-8-11-23-12-9-16/h14-16,22-23H,6-13H2,1-5H3. The Morgan fingerprint density at radius 1 is 1.37 bits per heavy atom. The van der Waals surface area contributed by atoms with Gasteiger partial charge in [0, 0.05) is 30.8 Å². The molecule has 6 nitrogen and oxygen atoms in total. The predicted octanol–water partition coefficient (Wildman–Crippen LogP) is 4.21. The number of esters is 1. The lowest BCUT2D eigenvalue weighted by Gasteiger charge is -2.23. The smallest absolute Gasteiger partial charge is 0.311 e. The van der Waals surface area contributed by atoms with Gasteiger partial charge in [-0.05, 0) is 60.0 Å². The molecule has 2 heterocycles. The maximum absolute atomic E-state index is 12.2. The topological polar surface area (TPSA) is 80.0 Å². The lowest BCUT2D eigenvalue weighted by Crippen LogP contribution is -2.28. The molecule has 2 N–H and O–H groups in total. The second kappa shape index (κ2) is 9.49. The van der Waals surface area contributed by atoms with Gasteiger partial charge in [0.05, 0.1) is 11.1 Å². The number of aryl methyl sites for hydroxylation is 1. The van der Waals surface area contributed by atoms with Gasteiger partial charge in [-0.25, -0.2) is 4.98 Å². The van der Waals surface area contributed by atoms with Crippen molar-refractivity contribution in [2.45, 2.75) is 85.3 Å². The number of imidazole rings is 1. The van der Waals surface area contributed by atoms with Gasteiger partial charge in [0.25, 0.3) is 0 Å². The van der Waals surface area contributed by atoms with Crippen LogP contribution in [0, 0.1) is 10.8 Å². The zero-order valence-electron chi connectivity index (χ0n) is 17.6. The van der Waals surface area contributed by atoms with Gasteiger partial charge < -0.3 is 20.0 Å². The molecule has 0 amide bonds. The fourth-order valence-electron chi connectivity index (χ4n) is 3.31. The molecule has 1 saturated heterocycles. The second-order valence-electron chi connectivity index (χ2n) is 8.64. The van der Waals surface area contributed by atoms with Crippen molar-refractivity contribution in [2.75, 3.05) is 13.1 Å². The van der Waals surface area contributed by atoms with Crippen LogP contribution in [0.5, 0.6) is 0 Å². The van der Waals surface area contributed by atoms with Gasteiger partial charge in [-0.1, -0.05) is 13.3 Å². The molecule has 6 heteroatoms. The van der Waals surface area contributed by atoms with Crippen LogP contribution in [-0.4, -0.2) is 34.3 Å². The minimum Gasteiger partial charge on any atom is -0.456 e. The van der Waals surface area contributed by atoms with Crippen molar-refractivity contribution >= 4 is 11.7 Å². The summed E-state index contributed by atoms with van der Waals surface area (Å²) in [6.45, 7) is 12.4. The highest BCUT2D eigenvalue weighted by Crippen LogP contribution is 2.28. The van der Waals surface area contributed by atoms with Crippen LogP contribution in [0.4, 0.5) is 0 Å². The lowest BCUT2D eigenvalue weighted by molar-refractivity contribution is -0.158. The summed E-state index contributed by atoms with van der Waals surface area (Å²) in [5, 5.41) is 11.5. The Morgan fingerprint density at radius 3 is 2.63 bits per heavy atom. The monoisotopic (exact) mass is 376 g/mol. The zero-order chi connectivity index (χ0) is 20.0. The number of hydrogen-bond acceptors (Lipinski definition) is 5. The van der Waals surface area contributed by atoms with Gasteiger partial charge in [0.2, 0.25) is 0 Å². The average Bonchev–Trinajstić information content (AvgIpc) is 3.04. The summed E-state index contributed by atoms with van der Waals surface area (Å²) >= 11 is 0. The summed E-state index contributed by atoms with van der Waals surface area (Å²) in [5.41, 5.74) is 1.07. The summed E-state index contributed by atoms with van der Waals surface area (Å²) in [6.07, 6.45) is 6.40. The summed E-state index contributed by atoms with van der Waals surface area (Å²) in [4.78, 5) is 17.1. The highest BCUT2D eigenvalue weighted by Gasteiger charge is 2.28. The maximum Gasteiger partial charge on any atom is 0.311 e. The van der Waals surface area contributed by atoms with Gasteiger partial charge in [-0.2, -0.15) is 0 Å². The second-order valence-corrected chi connectivity index (χ2v) is 8.64. The Hall–Kier alpha value is -1.69. The first-order valence-electron chi connectivity index (χ1n) is 10.3. The average molecular weight is 377 g/mol. The summed E-state index contributed by atoms with van der Waals surface area (Å²) in [6, 6.07) is 0. The van der Waals surface area contributed by atoms with Crippen LogP contribution in [0.2, 0.25) is 0 Å². The van der Waals surface area contributed by atoms with Crippen molar-refractivity contribution in [2.24, 2.45) is 5.41 Å². The quantitative estimate of drug-likeness (QED) is 0.526. The van der Waals surface area contributed by atoms with Gasteiger partial charge in [-0.15, -0.1) is 0 Å². The molecule has 27 heavy (non-hydrogen) atoms. The Balaban J connectivity index is 2.17. The van der Waals surface area contributed by atoms with Gasteiger partial charge in [-0.3, -0.25) is 4.79 Å². The van der Waals surface area contributed by atoms with E-state index in [9.17, 15) is 4.79 Å². The molecule has 1 atom stereocenters. The number of ether oxygens (including phenoxy) is 1. The normalized spacial score (nSPS) is 16.9. The third kappa shape index (κ3) is 6.16. The first-order valence-corrected chi connectivity index (χ1v) is 10.3. The number of carbonyl (C=O) groups is 1. The number of rotatable bonds is 8. The minimum atomic E-state index is -0.524. The summed E-state index contributed by atoms with van der Waals surface area (Å²) < 4.78 is 7.84. The Kier molecular flexibility index (Phi) is 7.59. The molecule has 1 aliphatic rings. The van der Waals surface area contributed by atoms with Crippen molar-refractivity contribution in [1.82, 2.24) is 14.9 Å². The van der Waals surface area contributed by atoms with Crippen LogP contribution in [0.15, 0.2) is 6.20 Å².